The standard InChI is InChI=1S/C27H31Cl2FN2O2/c1-17-5-6-32(12-17)26(33)23-10-22(19-3-4-19)25(11-24(23)30)34-16-27(2)14-31(15-27)13-18-7-20(28)9-21(29)8-18/h7-11,17,19H,3-6,12-16H2,1-2H3. The molecule has 34 heavy (non-hydrogen) atoms. The van der Waals surface area contributed by atoms with E-state index >= 15 is 4.39 Å². The van der Waals surface area contributed by atoms with Crippen molar-refractivity contribution in [1.29, 1.82) is 0 Å². The molecule has 1 aliphatic carbocycles. The fraction of sp³-hybridized carbons (Fsp3) is 0.519. The first kappa shape index (κ1) is 23.9. The normalized spacial score (nSPS) is 22.0. The van der Waals surface area contributed by atoms with Crippen LogP contribution in [-0.4, -0.2) is 48.5 Å². The average Bonchev–Trinajstić information content (AvgIpc) is 3.50. The minimum atomic E-state index is -0.484. The lowest BCUT2D eigenvalue weighted by Crippen LogP contribution is -2.56. The summed E-state index contributed by atoms with van der Waals surface area (Å²) in [5, 5.41) is 1.29. The van der Waals surface area contributed by atoms with Gasteiger partial charge < -0.3 is 9.64 Å². The van der Waals surface area contributed by atoms with Crippen molar-refractivity contribution in [2.45, 2.75) is 45.6 Å². The molecule has 2 saturated heterocycles. The van der Waals surface area contributed by atoms with E-state index < -0.39 is 5.82 Å². The topological polar surface area (TPSA) is 32.8 Å². The van der Waals surface area contributed by atoms with Gasteiger partial charge in [0, 0.05) is 54.3 Å². The molecule has 2 aromatic carbocycles. The smallest absolute Gasteiger partial charge is 0.256 e. The van der Waals surface area contributed by atoms with Crippen molar-refractivity contribution < 1.29 is 13.9 Å². The zero-order valence-corrected chi connectivity index (χ0v) is 21.3. The van der Waals surface area contributed by atoms with E-state index in [1.54, 1.807) is 17.0 Å². The van der Waals surface area contributed by atoms with Crippen LogP contribution in [0.15, 0.2) is 30.3 Å². The maximum Gasteiger partial charge on any atom is 0.256 e. The van der Waals surface area contributed by atoms with Gasteiger partial charge in [0.15, 0.2) is 0 Å². The van der Waals surface area contributed by atoms with Gasteiger partial charge in [0.1, 0.15) is 11.6 Å². The van der Waals surface area contributed by atoms with Gasteiger partial charge >= 0.3 is 0 Å². The number of halogens is 3. The van der Waals surface area contributed by atoms with E-state index in [4.69, 9.17) is 27.9 Å². The average molecular weight is 505 g/mol. The fourth-order valence-corrected chi connectivity index (χ4v) is 5.88. The summed E-state index contributed by atoms with van der Waals surface area (Å²) in [6, 6.07) is 8.81. The number of nitrogens with zero attached hydrogens (tertiary/aromatic N) is 2. The summed E-state index contributed by atoms with van der Waals surface area (Å²) < 4.78 is 21.2. The van der Waals surface area contributed by atoms with E-state index in [9.17, 15) is 4.79 Å². The Morgan fingerprint density at radius 1 is 1.12 bits per heavy atom. The van der Waals surface area contributed by atoms with Crippen LogP contribution in [0.25, 0.3) is 0 Å². The second kappa shape index (κ2) is 9.33. The summed E-state index contributed by atoms with van der Waals surface area (Å²) in [5.74, 6) is 0.738. The molecule has 0 spiro atoms. The summed E-state index contributed by atoms with van der Waals surface area (Å²) in [7, 11) is 0. The van der Waals surface area contributed by atoms with Crippen molar-refractivity contribution >= 4 is 29.1 Å². The van der Waals surface area contributed by atoms with Gasteiger partial charge in [0.2, 0.25) is 0 Å². The first-order valence-corrected chi connectivity index (χ1v) is 12.9. The Balaban J connectivity index is 1.23. The van der Waals surface area contributed by atoms with Crippen LogP contribution in [0.2, 0.25) is 10.0 Å². The van der Waals surface area contributed by atoms with Gasteiger partial charge in [-0.25, -0.2) is 4.39 Å². The van der Waals surface area contributed by atoms with Crippen molar-refractivity contribution in [3.63, 3.8) is 0 Å². The van der Waals surface area contributed by atoms with Gasteiger partial charge in [0.25, 0.3) is 5.91 Å². The maximum atomic E-state index is 15.0. The van der Waals surface area contributed by atoms with Gasteiger partial charge in [0.05, 0.1) is 12.2 Å². The number of amides is 1. The number of hydrogen-bond donors (Lipinski definition) is 0. The second-order valence-corrected chi connectivity index (χ2v) is 11.7. The zero-order chi connectivity index (χ0) is 24.0. The summed E-state index contributed by atoms with van der Waals surface area (Å²) in [4.78, 5) is 17.0. The van der Waals surface area contributed by atoms with E-state index in [1.165, 1.54) is 6.07 Å². The molecule has 3 fully saturated rings. The van der Waals surface area contributed by atoms with Gasteiger partial charge in [-0.1, -0.05) is 37.0 Å². The molecule has 5 rings (SSSR count). The largest absolute Gasteiger partial charge is 0.493 e. The number of carbonyl (C=O) groups is 1. The van der Waals surface area contributed by atoms with Crippen LogP contribution in [0.3, 0.4) is 0 Å². The van der Waals surface area contributed by atoms with Crippen molar-refractivity contribution in [2.24, 2.45) is 11.3 Å². The quantitative estimate of drug-likeness (QED) is 0.437. The number of benzene rings is 2. The van der Waals surface area contributed by atoms with Crippen LogP contribution in [0.5, 0.6) is 5.75 Å². The molecule has 1 atom stereocenters. The van der Waals surface area contributed by atoms with Gasteiger partial charge in [-0.05, 0) is 66.5 Å². The van der Waals surface area contributed by atoms with Gasteiger partial charge in [-0.3, -0.25) is 9.69 Å². The summed E-state index contributed by atoms with van der Waals surface area (Å²) in [5.41, 5.74) is 2.24. The Morgan fingerprint density at radius 2 is 1.82 bits per heavy atom. The van der Waals surface area contributed by atoms with Crippen LogP contribution in [0, 0.1) is 17.2 Å². The molecule has 0 radical (unpaired) electrons. The molecule has 2 aromatic rings. The van der Waals surface area contributed by atoms with E-state index in [1.807, 2.05) is 12.1 Å². The molecule has 2 aliphatic heterocycles. The number of hydrogen-bond acceptors (Lipinski definition) is 3. The highest BCUT2D eigenvalue weighted by molar-refractivity contribution is 6.34. The van der Waals surface area contributed by atoms with Crippen LogP contribution < -0.4 is 4.74 Å². The Labute approximate surface area is 211 Å². The van der Waals surface area contributed by atoms with Crippen LogP contribution in [0.1, 0.15) is 60.5 Å². The highest BCUT2D eigenvalue weighted by Crippen LogP contribution is 2.46. The Hall–Kier alpha value is -1.82. The first-order chi connectivity index (χ1) is 16.2. The Kier molecular flexibility index (Phi) is 6.56. The summed E-state index contributed by atoms with van der Waals surface area (Å²) in [6.07, 6.45) is 3.09. The minimum absolute atomic E-state index is 0.0140. The SMILES string of the molecule is CC1CCN(C(=O)c2cc(C3CC3)c(OCC3(C)CN(Cc4cc(Cl)cc(Cl)c4)C3)cc2F)C1. The van der Waals surface area contributed by atoms with Crippen molar-refractivity contribution in [3.8, 4) is 5.75 Å². The summed E-state index contributed by atoms with van der Waals surface area (Å²) in [6.45, 7) is 8.76. The van der Waals surface area contributed by atoms with Crippen molar-refractivity contribution in [1.82, 2.24) is 9.80 Å². The van der Waals surface area contributed by atoms with Crippen LogP contribution in [0.4, 0.5) is 4.39 Å². The molecule has 182 valence electrons. The number of rotatable bonds is 7. The third-order valence-corrected chi connectivity index (χ3v) is 7.61. The predicted octanol–water partition coefficient (Wildman–Crippen LogP) is 6.39. The number of ether oxygens (including phenoxy) is 1. The van der Waals surface area contributed by atoms with Crippen molar-refractivity contribution in [2.75, 3.05) is 32.8 Å². The molecule has 2 heterocycles. The lowest BCUT2D eigenvalue weighted by atomic mass is 9.82. The molecule has 0 aromatic heterocycles. The lowest BCUT2D eigenvalue weighted by molar-refractivity contribution is -0.0247. The summed E-state index contributed by atoms with van der Waals surface area (Å²) >= 11 is 12.2. The molecule has 7 heteroatoms. The van der Waals surface area contributed by atoms with Crippen LogP contribution >= 0.6 is 23.2 Å². The highest BCUT2D eigenvalue weighted by atomic mass is 35.5. The molecule has 0 bridgehead atoms. The first-order valence-electron chi connectivity index (χ1n) is 12.1. The van der Waals surface area contributed by atoms with Crippen molar-refractivity contribution in [3.05, 3.63) is 62.9 Å². The zero-order valence-electron chi connectivity index (χ0n) is 19.8. The molecular formula is C27H31Cl2FN2O2. The molecule has 4 nitrogen and oxygen atoms in total. The monoisotopic (exact) mass is 504 g/mol. The van der Waals surface area contributed by atoms with Gasteiger partial charge in [-0.15, -0.1) is 0 Å². The van der Waals surface area contributed by atoms with Crippen LogP contribution in [-0.2, 0) is 6.54 Å². The third kappa shape index (κ3) is 5.22. The number of likely N-dealkylation sites (tertiary alicyclic amines) is 2. The molecule has 0 N–H and O–H groups in total. The lowest BCUT2D eigenvalue weighted by Gasteiger charge is -2.48. The van der Waals surface area contributed by atoms with E-state index in [2.05, 4.69) is 18.7 Å². The molecule has 1 saturated carbocycles. The minimum Gasteiger partial charge on any atom is -0.493 e. The van der Waals surface area contributed by atoms with Gasteiger partial charge in [-0.2, -0.15) is 0 Å². The van der Waals surface area contributed by atoms with E-state index in [-0.39, 0.29) is 16.9 Å². The molecular weight excluding hydrogens is 474 g/mol. The van der Waals surface area contributed by atoms with E-state index in [0.717, 1.165) is 50.0 Å². The Morgan fingerprint density at radius 3 is 2.44 bits per heavy atom. The fourth-order valence-electron chi connectivity index (χ4n) is 5.31. The predicted molar refractivity (Wildman–Crippen MR) is 133 cm³/mol. The molecule has 1 amide bonds. The molecule has 3 aliphatic rings. The highest BCUT2D eigenvalue weighted by Gasteiger charge is 2.40. The third-order valence-electron chi connectivity index (χ3n) is 7.17. The Bertz CT molecular complexity index is 1080. The van der Waals surface area contributed by atoms with E-state index in [0.29, 0.717) is 47.3 Å². The molecule has 1 unspecified atom stereocenters. The maximum absolute atomic E-state index is 15.0. The second-order valence-electron chi connectivity index (χ2n) is 10.8. The number of carbonyl (C=O) groups excluding carboxylic acids is 1.